The average Bonchev–Trinajstić information content (AvgIpc) is 3.10. The minimum atomic E-state index is -0.865. The summed E-state index contributed by atoms with van der Waals surface area (Å²) in [6, 6.07) is 8.63. The van der Waals surface area contributed by atoms with Gasteiger partial charge in [0.25, 0.3) is 5.91 Å². The molecule has 6 nitrogen and oxygen atoms in total. The number of carbonyl (C=O) groups excluding carboxylic acids is 1. The molecule has 1 aliphatic rings. The Kier molecular flexibility index (Phi) is 4.32. The molecule has 2 atom stereocenters. The molecule has 1 amide bonds. The van der Waals surface area contributed by atoms with E-state index in [1.165, 1.54) is 0 Å². The van der Waals surface area contributed by atoms with Crippen molar-refractivity contribution in [2.45, 2.75) is 26.3 Å². The molecule has 1 N–H and O–H groups in total. The van der Waals surface area contributed by atoms with E-state index in [1.807, 2.05) is 25.1 Å². The van der Waals surface area contributed by atoms with Gasteiger partial charge in [-0.2, -0.15) is 5.10 Å². The Balaban J connectivity index is 1.89. The highest BCUT2D eigenvalue weighted by molar-refractivity contribution is 6.32. The molecule has 0 radical (unpaired) electrons. The summed E-state index contributed by atoms with van der Waals surface area (Å²) in [5, 5.41) is 14.1. The van der Waals surface area contributed by atoms with Crippen LogP contribution >= 0.6 is 11.6 Å². The average molecular weight is 348 g/mol. The van der Waals surface area contributed by atoms with Gasteiger partial charge in [-0.25, -0.2) is 4.68 Å². The van der Waals surface area contributed by atoms with Crippen molar-refractivity contribution in [2.75, 3.05) is 6.54 Å². The van der Waals surface area contributed by atoms with Crippen molar-refractivity contribution in [1.29, 1.82) is 0 Å². The van der Waals surface area contributed by atoms with Gasteiger partial charge >= 0.3 is 5.97 Å². The molecule has 2 heterocycles. The van der Waals surface area contributed by atoms with Gasteiger partial charge in [0.2, 0.25) is 0 Å². The standard InChI is InChI=1S/C17H18ClN3O3/c1-10-9-14(19-21(10)15-6-4-3-5-13(15)18)16(22)20-8-7-12(11(20)2)17(23)24/h3-6,9,11-12H,7-8H2,1-2H3,(H,23,24). The first-order valence-corrected chi connectivity index (χ1v) is 8.13. The number of amides is 1. The van der Waals surface area contributed by atoms with Crippen molar-refractivity contribution in [2.24, 2.45) is 5.92 Å². The van der Waals surface area contributed by atoms with Crippen molar-refractivity contribution in [3.05, 3.63) is 46.7 Å². The van der Waals surface area contributed by atoms with Gasteiger partial charge in [-0.1, -0.05) is 23.7 Å². The second kappa shape index (κ2) is 6.28. The van der Waals surface area contributed by atoms with Crippen LogP contribution in [-0.4, -0.2) is 44.3 Å². The Morgan fingerprint density at radius 1 is 1.33 bits per heavy atom. The molecule has 0 bridgehead atoms. The Morgan fingerprint density at radius 3 is 2.67 bits per heavy atom. The SMILES string of the molecule is Cc1cc(C(=O)N2CCC(C(=O)O)C2C)nn1-c1ccccc1Cl. The maximum atomic E-state index is 12.7. The number of carbonyl (C=O) groups is 2. The fourth-order valence-electron chi connectivity index (χ4n) is 3.15. The third-order valence-corrected chi connectivity index (χ3v) is 4.84. The molecule has 0 aliphatic carbocycles. The first kappa shape index (κ1) is 16.5. The molecular weight excluding hydrogens is 330 g/mol. The van der Waals surface area contributed by atoms with Crippen molar-refractivity contribution < 1.29 is 14.7 Å². The molecule has 0 saturated carbocycles. The van der Waals surface area contributed by atoms with E-state index in [1.54, 1.807) is 28.6 Å². The zero-order valence-electron chi connectivity index (χ0n) is 13.4. The van der Waals surface area contributed by atoms with Gasteiger partial charge in [0.1, 0.15) is 0 Å². The van der Waals surface area contributed by atoms with Gasteiger partial charge < -0.3 is 10.0 Å². The predicted molar refractivity (Wildman–Crippen MR) is 89.6 cm³/mol. The normalized spacial score (nSPS) is 20.4. The number of benzene rings is 1. The second-order valence-corrected chi connectivity index (χ2v) is 6.41. The molecule has 7 heteroatoms. The molecule has 3 rings (SSSR count). The smallest absolute Gasteiger partial charge is 0.308 e. The highest BCUT2D eigenvalue weighted by atomic mass is 35.5. The molecule has 24 heavy (non-hydrogen) atoms. The molecule has 126 valence electrons. The summed E-state index contributed by atoms with van der Waals surface area (Å²) in [7, 11) is 0. The number of aliphatic carboxylic acids is 1. The first-order chi connectivity index (χ1) is 11.4. The van der Waals surface area contributed by atoms with Crippen LogP contribution in [0.1, 0.15) is 29.5 Å². The highest BCUT2D eigenvalue weighted by Gasteiger charge is 2.39. The lowest BCUT2D eigenvalue weighted by Crippen LogP contribution is -2.37. The Morgan fingerprint density at radius 2 is 2.04 bits per heavy atom. The van der Waals surface area contributed by atoms with E-state index in [0.29, 0.717) is 29.4 Å². The number of para-hydroxylation sites is 1. The second-order valence-electron chi connectivity index (χ2n) is 6.01. The van der Waals surface area contributed by atoms with Crippen molar-refractivity contribution in [3.63, 3.8) is 0 Å². The number of rotatable bonds is 3. The summed E-state index contributed by atoms with van der Waals surface area (Å²) < 4.78 is 1.63. The monoisotopic (exact) mass is 347 g/mol. The fraction of sp³-hybridized carbons (Fsp3) is 0.353. The molecule has 1 fully saturated rings. The van der Waals surface area contributed by atoms with Gasteiger partial charge in [0.05, 0.1) is 16.6 Å². The minimum absolute atomic E-state index is 0.250. The number of aryl methyl sites for hydroxylation is 1. The van der Waals surface area contributed by atoms with Crippen molar-refractivity contribution >= 4 is 23.5 Å². The number of aromatic nitrogens is 2. The predicted octanol–water partition coefficient (Wildman–Crippen LogP) is 2.77. The summed E-state index contributed by atoms with van der Waals surface area (Å²) in [6.07, 6.45) is 0.465. The summed E-state index contributed by atoms with van der Waals surface area (Å²) in [4.78, 5) is 25.5. The van der Waals surface area contributed by atoms with Crippen LogP contribution in [0.25, 0.3) is 5.69 Å². The van der Waals surface area contributed by atoms with Gasteiger partial charge in [-0.15, -0.1) is 0 Å². The van der Waals surface area contributed by atoms with Crippen LogP contribution in [0.15, 0.2) is 30.3 Å². The molecular formula is C17H18ClN3O3. The third-order valence-electron chi connectivity index (χ3n) is 4.52. The summed E-state index contributed by atoms with van der Waals surface area (Å²) >= 11 is 6.20. The van der Waals surface area contributed by atoms with Crippen LogP contribution in [0, 0.1) is 12.8 Å². The lowest BCUT2D eigenvalue weighted by molar-refractivity contribution is -0.142. The minimum Gasteiger partial charge on any atom is -0.481 e. The Bertz CT molecular complexity index is 802. The van der Waals surface area contributed by atoms with Gasteiger partial charge in [0.15, 0.2) is 5.69 Å². The number of likely N-dealkylation sites (tertiary alicyclic amines) is 1. The van der Waals surface area contributed by atoms with Crippen LogP contribution in [0.4, 0.5) is 0 Å². The van der Waals surface area contributed by atoms with Gasteiger partial charge in [-0.05, 0) is 38.5 Å². The van der Waals surface area contributed by atoms with E-state index >= 15 is 0 Å². The number of halogens is 1. The van der Waals surface area contributed by atoms with Crippen LogP contribution in [0.5, 0.6) is 0 Å². The van der Waals surface area contributed by atoms with Crippen LogP contribution in [0.3, 0.4) is 0 Å². The molecule has 1 aromatic heterocycles. The largest absolute Gasteiger partial charge is 0.481 e. The zero-order chi connectivity index (χ0) is 17.4. The number of nitrogens with zero attached hydrogens (tertiary/aromatic N) is 3. The summed E-state index contributed by atoms with van der Waals surface area (Å²) in [5.41, 5.74) is 1.78. The first-order valence-electron chi connectivity index (χ1n) is 7.75. The van der Waals surface area contributed by atoms with Crippen LogP contribution in [0.2, 0.25) is 5.02 Å². The number of carboxylic acid groups (broad SMARTS) is 1. The lowest BCUT2D eigenvalue weighted by Gasteiger charge is -2.22. The lowest BCUT2D eigenvalue weighted by atomic mass is 10.0. The summed E-state index contributed by atoms with van der Waals surface area (Å²) in [5.74, 6) is -1.64. The highest BCUT2D eigenvalue weighted by Crippen LogP contribution is 2.27. The van der Waals surface area contributed by atoms with Crippen molar-refractivity contribution in [3.8, 4) is 5.69 Å². The van der Waals surface area contributed by atoms with E-state index in [-0.39, 0.29) is 11.9 Å². The van der Waals surface area contributed by atoms with Gasteiger partial charge in [0, 0.05) is 18.3 Å². The Labute approximate surface area is 144 Å². The molecule has 1 saturated heterocycles. The quantitative estimate of drug-likeness (QED) is 0.926. The Hall–Kier alpha value is -2.34. The van der Waals surface area contributed by atoms with Crippen LogP contribution < -0.4 is 0 Å². The molecule has 0 spiro atoms. The van der Waals surface area contributed by atoms with Gasteiger partial charge in [-0.3, -0.25) is 9.59 Å². The van der Waals surface area contributed by atoms with E-state index < -0.39 is 11.9 Å². The van der Waals surface area contributed by atoms with E-state index in [9.17, 15) is 14.7 Å². The third kappa shape index (κ3) is 2.78. The van der Waals surface area contributed by atoms with E-state index in [0.717, 1.165) is 5.69 Å². The van der Waals surface area contributed by atoms with Crippen LogP contribution in [-0.2, 0) is 4.79 Å². The topological polar surface area (TPSA) is 75.4 Å². The molecule has 2 aromatic rings. The maximum Gasteiger partial charge on any atom is 0.308 e. The number of hydrogen-bond donors (Lipinski definition) is 1. The molecule has 1 aromatic carbocycles. The molecule has 2 unspecified atom stereocenters. The molecule has 1 aliphatic heterocycles. The van der Waals surface area contributed by atoms with Crippen molar-refractivity contribution in [1.82, 2.24) is 14.7 Å². The van der Waals surface area contributed by atoms with E-state index in [2.05, 4.69) is 5.10 Å². The zero-order valence-corrected chi connectivity index (χ0v) is 14.2. The number of hydrogen-bond acceptors (Lipinski definition) is 3. The maximum absolute atomic E-state index is 12.7. The summed E-state index contributed by atoms with van der Waals surface area (Å²) in [6.45, 7) is 4.04. The number of carboxylic acids is 1. The van der Waals surface area contributed by atoms with E-state index in [4.69, 9.17) is 11.6 Å². The fourth-order valence-corrected chi connectivity index (χ4v) is 3.37.